The summed E-state index contributed by atoms with van der Waals surface area (Å²) in [4.78, 5) is 11.3. The van der Waals surface area contributed by atoms with Crippen LogP contribution in [0.1, 0.15) is 31.5 Å². The summed E-state index contributed by atoms with van der Waals surface area (Å²) < 4.78 is 23.7. The van der Waals surface area contributed by atoms with E-state index in [1.807, 2.05) is 38.1 Å². The Bertz CT molecular complexity index is 883. The first-order valence-electron chi connectivity index (χ1n) is 9.09. The molecule has 6 nitrogen and oxygen atoms in total. The van der Waals surface area contributed by atoms with Gasteiger partial charge in [0.15, 0.2) is 9.84 Å². The summed E-state index contributed by atoms with van der Waals surface area (Å²) in [5.41, 5.74) is 3.05. The molecule has 0 saturated carbocycles. The van der Waals surface area contributed by atoms with Crippen LogP contribution in [0, 0.1) is 6.92 Å². The van der Waals surface area contributed by atoms with Crippen LogP contribution in [0.25, 0.3) is 0 Å². The predicted octanol–water partition coefficient (Wildman–Crippen LogP) is 3.10. The highest BCUT2D eigenvalue weighted by Crippen LogP contribution is 2.26. The maximum Gasteiger partial charge on any atom is 0.229 e. The van der Waals surface area contributed by atoms with Gasteiger partial charge in [-0.25, -0.2) is 13.4 Å². The number of sulfone groups is 1. The normalized spacial score (nSPS) is 18.7. The average molecular weight is 375 g/mol. The number of nitrogens with one attached hydrogen (secondary N) is 1. The minimum atomic E-state index is -2.94. The molecule has 2 heterocycles. The molecule has 7 heteroatoms. The second kappa shape index (κ2) is 7.61. The van der Waals surface area contributed by atoms with Crippen molar-refractivity contribution in [2.24, 2.45) is 0 Å². The first-order valence-corrected chi connectivity index (χ1v) is 10.9. The van der Waals surface area contributed by atoms with E-state index in [4.69, 9.17) is 0 Å². The van der Waals surface area contributed by atoms with Gasteiger partial charge in [-0.1, -0.05) is 25.1 Å². The molecule has 1 aromatic heterocycles. The van der Waals surface area contributed by atoms with Crippen molar-refractivity contribution < 1.29 is 8.42 Å². The summed E-state index contributed by atoms with van der Waals surface area (Å²) in [6.45, 7) is 6.78. The number of benzene rings is 1. The highest BCUT2D eigenvalue weighted by atomic mass is 32.2. The molecule has 2 aromatic rings. The number of aromatic nitrogens is 2. The Labute approximate surface area is 155 Å². The first kappa shape index (κ1) is 18.6. The Morgan fingerprint density at radius 1 is 1.23 bits per heavy atom. The zero-order chi connectivity index (χ0) is 18.7. The van der Waals surface area contributed by atoms with Crippen molar-refractivity contribution in [2.45, 2.75) is 39.7 Å². The smallest absolute Gasteiger partial charge is 0.229 e. The molecule has 0 radical (unpaired) electrons. The van der Waals surface area contributed by atoms with Gasteiger partial charge in [0.2, 0.25) is 5.95 Å². The van der Waals surface area contributed by atoms with Crippen LogP contribution in [-0.4, -0.2) is 42.5 Å². The Balaban J connectivity index is 1.89. The number of para-hydroxylation sites is 1. The summed E-state index contributed by atoms with van der Waals surface area (Å²) in [5.74, 6) is 1.78. The van der Waals surface area contributed by atoms with Crippen LogP contribution in [0.5, 0.6) is 0 Å². The molecule has 0 bridgehead atoms. The molecule has 1 saturated heterocycles. The van der Waals surface area contributed by atoms with Gasteiger partial charge in [0.1, 0.15) is 5.82 Å². The zero-order valence-corrected chi connectivity index (χ0v) is 16.4. The SMILES string of the molecule is CCc1ccccc1Nc1nc(C)cc(N(CC)C2CCS(=O)(=O)C2)n1. The molecule has 0 aliphatic carbocycles. The minimum absolute atomic E-state index is 0.0184. The molecule has 1 atom stereocenters. The Morgan fingerprint density at radius 2 is 2.00 bits per heavy atom. The lowest BCUT2D eigenvalue weighted by Crippen LogP contribution is -2.37. The third-order valence-electron chi connectivity index (χ3n) is 4.77. The fourth-order valence-electron chi connectivity index (χ4n) is 3.45. The Hall–Kier alpha value is -2.15. The second-order valence-electron chi connectivity index (χ2n) is 6.67. The van der Waals surface area contributed by atoms with Crippen LogP contribution < -0.4 is 10.2 Å². The van der Waals surface area contributed by atoms with E-state index in [9.17, 15) is 8.42 Å². The molecule has 1 N–H and O–H groups in total. The molecule has 1 aliphatic heterocycles. The molecular formula is C19H26N4O2S. The van der Waals surface area contributed by atoms with Gasteiger partial charge in [-0.05, 0) is 38.3 Å². The second-order valence-corrected chi connectivity index (χ2v) is 8.90. The lowest BCUT2D eigenvalue weighted by molar-refractivity contribution is 0.599. The van der Waals surface area contributed by atoms with Crippen molar-refractivity contribution in [3.63, 3.8) is 0 Å². The van der Waals surface area contributed by atoms with Crippen LogP contribution in [0.4, 0.5) is 17.5 Å². The molecule has 0 spiro atoms. The third kappa shape index (κ3) is 4.15. The third-order valence-corrected chi connectivity index (χ3v) is 6.52. The summed E-state index contributed by atoms with van der Waals surface area (Å²) >= 11 is 0. The molecule has 1 aliphatic rings. The average Bonchev–Trinajstić information content (AvgIpc) is 2.95. The Morgan fingerprint density at radius 3 is 2.65 bits per heavy atom. The van der Waals surface area contributed by atoms with E-state index in [1.54, 1.807) is 0 Å². The lowest BCUT2D eigenvalue weighted by atomic mass is 10.1. The predicted molar refractivity (Wildman–Crippen MR) is 106 cm³/mol. The van der Waals surface area contributed by atoms with Gasteiger partial charge in [0, 0.05) is 30.0 Å². The molecule has 1 unspecified atom stereocenters. The van der Waals surface area contributed by atoms with E-state index < -0.39 is 9.84 Å². The van der Waals surface area contributed by atoms with Crippen molar-refractivity contribution in [3.8, 4) is 0 Å². The van der Waals surface area contributed by atoms with Crippen molar-refractivity contribution in [2.75, 3.05) is 28.3 Å². The number of aryl methyl sites for hydroxylation is 2. The van der Waals surface area contributed by atoms with E-state index in [2.05, 4.69) is 33.2 Å². The van der Waals surface area contributed by atoms with Gasteiger partial charge < -0.3 is 10.2 Å². The van der Waals surface area contributed by atoms with Crippen LogP contribution in [0.15, 0.2) is 30.3 Å². The van der Waals surface area contributed by atoms with Gasteiger partial charge in [-0.3, -0.25) is 0 Å². The van der Waals surface area contributed by atoms with E-state index in [-0.39, 0.29) is 17.5 Å². The summed E-state index contributed by atoms with van der Waals surface area (Å²) in [6.07, 6.45) is 1.57. The van der Waals surface area contributed by atoms with Gasteiger partial charge in [-0.2, -0.15) is 4.98 Å². The van der Waals surface area contributed by atoms with Crippen LogP contribution in [0.3, 0.4) is 0 Å². The van der Waals surface area contributed by atoms with Crippen LogP contribution in [-0.2, 0) is 16.3 Å². The largest absolute Gasteiger partial charge is 0.353 e. The summed E-state index contributed by atoms with van der Waals surface area (Å²) in [7, 11) is -2.94. The first-order chi connectivity index (χ1) is 12.4. The van der Waals surface area contributed by atoms with Gasteiger partial charge in [0.25, 0.3) is 0 Å². The van der Waals surface area contributed by atoms with Crippen molar-refractivity contribution in [3.05, 3.63) is 41.6 Å². The number of rotatable bonds is 6. The molecule has 1 fully saturated rings. The van der Waals surface area contributed by atoms with Gasteiger partial charge in [-0.15, -0.1) is 0 Å². The summed E-state index contributed by atoms with van der Waals surface area (Å²) in [6, 6.07) is 10.0. The molecule has 3 rings (SSSR count). The number of hydrogen-bond acceptors (Lipinski definition) is 6. The van der Waals surface area contributed by atoms with Crippen molar-refractivity contribution in [1.29, 1.82) is 0 Å². The maximum absolute atomic E-state index is 11.9. The van der Waals surface area contributed by atoms with E-state index in [0.717, 1.165) is 23.6 Å². The molecule has 1 aromatic carbocycles. The molecule has 26 heavy (non-hydrogen) atoms. The highest BCUT2D eigenvalue weighted by Gasteiger charge is 2.32. The molecular weight excluding hydrogens is 348 g/mol. The van der Waals surface area contributed by atoms with Gasteiger partial charge in [0.05, 0.1) is 11.5 Å². The van der Waals surface area contributed by atoms with Crippen LogP contribution in [0.2, 0.25) is 0 Å². The standard InChI is InChI=1S/C19H26N4O2S/c1-4-15-8-6-7-9-17(15)21-19-20-14(3)12-18(22-19)23(5-2)16-10-11-26(24,25)13-16/h6-9,12,16H,4-5,10-11,13H2,1-3H3,(H,20,21,22). The van der Waals surface area contributed by atoms with Crippen LogP contribution >= 0.6 is 0 Å². The van der Waals surface area contributed by atoms with Gasteiger partial charge >= 0.3 is 0 Å². The minimum Gasteiger partial charge on any atom is -0.353 e. The monoisotopic (exact) mass is 374 g/mol. The molecule has 0 amide bonds. The van der Waals surface area contributed by atoms with Crippen molar-refractivity contribution in [1.82, 2.24) is 9.97 Å². The van der Waals surface area contributed by atoms with E-state index in [0.29, 0.717) is 18.9 Å². The molecule has 140 valence electrons. The maximum atomic E-state index is 11.9. The number of nitrogens with zero attached hydrogens (tertiary/aromatic N) is 3. The highest BCUT2D eigenvalue weighted by molar-refractivity contribution is 7.91. The van der Waals surface area contributed by atoms with E-state index in [1.165, 1.54) is 5.56 Å². The summed E-state index contributed by atoms with van der Waals surface area (Å²) in [5, 5.41) is 3.32. The quantitative estimate of drug-likeness (QED) is 0.837. The number of hydrogen-bond donors (Lipinski definition) is 1. The van der Waals surface area contributed by atoms with E-state index >= 15 is 0 Å². The van der Waals surface area contributed by atoms with Crippen molar-refractivity contribution >= 4 is 27.3 Å². The lowest BCUT2D eigenvalue weighted by Gasteiger charge is -2.28. The fourth-order valence-corrected chi connectivity index (χ4v) is 5.19. The fraction of sp³-hybridized carbons (Fsp3) is 0.474. The topological polar surface area (TPSA) is 75.2 Å². The number of anilines is 3. The zero-order valence-electron chi connectivity index (χ0n) is 15.6. The Kier molecular flexibility index (Phi) is 5.46.